The molecule has 0 aliphatic rings. The van der Waals surface area contributed by atoms with E-state index in [1.165, 1.54) is 5.56 Å². The standard InChI is InChI=1S/C21H23NO3/c1-5-25-13-15-11-18(23-3)20(19(12-15)24-4)17-9-8-14(2)16-7-6-10-22-21(16)17/h6-12H,5,13H2,1-4H3. The van der Waals surface area contributed by atoms with Gasteiger partial charge in [0.2, 0.25) is 0 Å². The number of benzene rings is 2. The summed E-state index contributed by atoms with van der Waals surface area (Å²) in [6.45, 7) is 5.26. The van der Waals surface area contributed by atoms with Crippen LogP contribution in [0.4, 0.5) is 0 Å². The molecule has 0 unspecified atom stereocenters. The Balaban J connectivity index is 2.25. The summed E-state index contributed by atoms with van der Waals surface area (Å²) in [4.78, 5) is 4.61. The molecule has 130 valence electrons. The number of nitrogens with zero attached hydrogens (tertiary/aromatic N) is 1. The third-order valence-electron chi connectivity index (χ3n) is 4.30. The van der Waals surface area contributed by atoms with Gasteiger partial charge >= 0.3 is 0 Å². The maximum absolute atomic E-state index is 5.68. The van der Waals surface area contributed by atoms with Gasteiger partial charge in [0.05, 0.1) is 31.9 Å². The van der Waals surface area contributed by atoms with Crippen LogP contribution < -0.4 is 9.47 Å². The van der Waals surface area contributed by atoms with E-state index in [2.05, 4.69) is 30.1 Å². The number of hydrogen-bond donors (Lipinski definition) is 0. The van der Waals surface area contributed by atoms with Gasteiger partial charge in [0, 0.05) is 23.8 Å². The molecule has 1 aromatic heterocycles. The molecule has 0 spiro atoms. The van der Waals surface area contributed by atoms with Crippen LogP contribution in [0.2, 0.25) is 0 Å². The Bertz CT molecular complexity index is 864. The zero-order valence-electron chi connectivity index (χ0n) is 15.1. The molecule has 2 aromatic carbocycles. The molecule has 0 bridgehead atoms. The smallest absolute Gasteiger partial charge is 0.130 e. The fourth-order valence-corrected chi connectivity index (χ4v) is 3.05. The summed E-state index contributed by atoms with van der Waals surface area (Å²) >= 11 is 0. The van der Waals surface area contributed by atoms with Crippen molar-refractivity contribution in [3.63, 3.8) is 0 Å². The van der Waals surface area contributed by atoms with Crippen molar-refractivity contribution in [3.8, 4) is 22.6 Å². The molecular formula is C21H23NO3. The van der Waals surface area contributed by atoms with E-state index in [1.807, 2.05) is 31.3 Å². The largest absolute Gasteiger partial charge is 0.496 e. The summed E-state index contributed by atoms with van der Waals surface area (Å²) in [5.41, 5.74) is 5.06. The van der Waals surface area contributed by atoms with E-state index in [-0.39, 0.29) is 0 Å². The van der Waals surface area contributed by atoms with Gasteiger partial charge in [-0.05, 0) is 43.2 Å². The van der Waals surface area contributed by atoms with Crippen LogP contribution in [0.15, 0.2) is 42.6 Å². The summed E-state index contributed by atoms with van der Waals surface area (Å²) in [6.07, 6.45) is 1.81. The van der Waals surface area contributed by atoms with Crippen molar-refractivity contribution in [2.75, 3.05) is 20.8 Å². The predicted molar refractivity (Wildman–Crippen MR) is 100 cm³/mol. The molecule has 0 saturated heterocycles. The van der Waals surface area contributed by atoms with E-state index in [1.54, 1.807) is 14.2 Å². The first-order valence-electron chi connectivity index (χ1n) is 8.37. The second-order valence-electron chi connectivity index (χ2n) is 5.84. The molecule has 3 rings (SSSR count). The van der Waals surface area contributed by atoms with E-state index in [4.69, 9.17) is 14.2 Å². The average Bonchev–Trinajstić information content (AvgIpc) is 2.66. The SMILES string of the molecule is CCOCc1cc(OC)c(-c2ccc(C)c3cccnc23)c(OC)c1. The van der Waals surface area contributed by atoms with E-state index >= 15 is 0 Å². The molecule has 4 heteroatoms. The number of methoxy groups -OCH3 is 2. The number of pyridine rings is 1. The Kier molecular flexibility index (Phi) is 5.19. The van der Waals surface area contributed by atoms with Crippen molar-refractivity contribution in [2.45, 2.75) is 20.5 Å². The van der Waals surface area contributed by atoms with Crippen LogP contribution in [0.5, 0.6) is 11.5 Å². The Morgan fingerprint density at radius 3 is 2.36 bits per heavy atom. The summed E-state index contributed by atoms with van der Waals surface area (Å²) in [5, 5.41) is 1.13. The molecule has 1 heterocycles. The lowest BCUT2D eigenvalue weighted by Gasteiger charge is -2.17. The van der Waals surface area contributed by atoms with Crippen molar-refractivity contribution in [1.82, 2.24) is 4.98 Å². The molecule has 25 heavy (non-hydrogen) atoms. The van der Waals surface area contributed by atoms with E-state index in [9.17, 15) is 0 Å². The number of aromatic nitrogens is 1. The van der Waals surface area contributed by atoms with Gasteiger partial charge in [-0.2, -0.15) is 0 Å². The molecule has 0 amide bonds. The molecule has 0 aliphatic carbocycles. The Hall–Kier alpha value is -2.59. The molecule has 3 aromatic rings. The lowest BCUT2D eigenvalue weighted by Crippen LogP contribution is -1.99. The molecule has 0 atom stereocenters. The molecule has 0 fully saturated rings. The Morgan fingerprint density at radius 2 is 1.72 bits per heavy atom. The first kappa shape index (κ1) is 17.2. The highest BCUT2D eigenvalue weighted by atomic mass is 16.5. The normalized spacial score (nSPS) is 10.9. The van der Waals surface area contributed by atoms with Gasteiger partial charge in [-0.15, -0.1) is 0 Å². The lowest BCUT2D eigenvalue weighted by atomic mass is 9.96. The van der Waals surface area contributed by atoms with Crippen LogP contribution in [0.1, 0.15) is 18.1 Å². The summed E-state index contributed by atoms with van der Waals surface area (Å²) in [7, 11) is 3.35. The molecule has 0 saturated carbocycles. The quantitative estimate of drug-likeness (QED) is 0.650. The first-order valence-corrected chi connectivity index (χ1v) is 8.37. The zero-order chi connectivity index (χ0) is 17.8. The van der Waals surface area contributed by atoms with Crippen LogP contribution >= 0.6 is 0 Å². The van der Waals surface area contributed by atoms with Crippen LogP contribution in [0.3, 0.4) is 0 Å². The maximum atomic E-state index is 5.68. The third kappa shape index (κ3) is 3.30. The Morgan fingerprint density at radius 1 is 1.00 bits per heavy atom. The summed E-state index contributed by atoms with van der Waals surface area (Å²) in [6, 6.07) is 12.2. The van der Waals surface area contributed by atoms with Crippen LogP contribution in [-0.4, -0.2) is 25.8 Å². The highest BCUT2D eigenvalue weighted by Gasteiger charge is 2.18. The second-order valence-corrected chi connectivity index (χ2v) is 5.84. The lowest BCUT2D eigenvalue weighted by molar-refractivity contribution is 0.133. The van der Waals surface area contributed by atoms with Crippen molar-refractivity contribution in [3.05, 3.63) is 53.7 Å². The fourth-order valence-electron chi connectivity index (χ4n) is 3.05. The molecular weight excluding hydrogens is 314 g/mol. The number of aryl methyl sites for hydroxylation is 1. The Labute approximate surface area is 148 Å². The van der Waals surface area contributed by atoms with Gasteiger partial charge in [-0.1, -0.05) is 18.2 Å². The number of fused-ring (bicyclic) bond motifs is 1. The molecule has 0 radical (unpaired) electrons. The monoisotopic (exact) mass is 337 g/mol. The highest BCUT2D eigenvalue weighted by molar-refractivity contribution is 5.98. The van der Waals surface area contributed by atoms with E-state index in [0.29, 0.717) is 13.2 Å². The van der Waals surface area contributed by atoms with Gasteiger partial charge in [0.1, 0.15) is 11.5 Å². The van der Waals surface area contributed by atoms with Crippen molar-refractivity contribution in [2.24, 2.45) is 0 Å². The third-order valence-corrected chi connectivity index (χ3v) is 4.30. The first-order chi connectivity index (χ1) is 12.2. The topological polar surface area (TPSA) is 40.6 Å². The van der Waals surface area contributed by atoms with Gasteiger partial charge in [-0.25, -0.2) is 0 Å². The number of hydrogen-bond acceptors (Lipinski definition) is 4. The van der Waals surface area contributed by atoms with Crippen molar-refractivity contribution >= 4 is 10.9 Å². The van der Waals surface area contributed by atoms with Crippen LogP contribution in [0, 0.1) is 6.92 Å². The van der Waals surface area contributed by atoms with E-state index in [0.717, 1.165) is 39.1 Å². The zero-order valence-corrected chi connectivity index (χ0v) is 15.1. The minimum Gasteiger partial charge on any atom is -0.496 e. The van der Waals surface area contributed by atoms with Gasteiger partial charge in [0.15, 0.2) is 0 Å². The average molecular weight is 337 g/mol. The summed E-state index contributed by atoms with van der Waals surface area (Å²) in [5.74, 6) is 1.51. The van der Waals surface area contributed by atoms with Gasteiger partial charge < -0.3 is 14.2 Å². The van der Waals surface area contributed by atoms with Crippen molar-refractivity contribution < 1.29 is 14.2 Å². The van der Waals surface area contributed by atoms with Gasteiger partial charge in [0.25, 0.3) is 0 Å². The maximum Gasteiger partial charge on any atom is 0.130 e. The number of rotatable bonds is 6. The summed E-state index contributed by atoms with van der Waals surface area (Å²) < 4.78 is 16.9. The highest BCUT2D eigenvalue weighted by Crippen LogP contribution is 2.42. The number of ether oxygens (including phenoxy) is 3. The van der Waals surface area contributed by atoms with Gasteiger partial charge in [-0.3, -0.25) is 4.98 Å². The van der Waals surface area contributed by atoms with E-state index < -0.39 is 0 Å². The molecule has 0 aliphatic heterocycles. The fraction of sp³-hybridized carbons (Fsp3) is 0.286. The minimum absolute atomic E-state index is 0.524. The van der Waals surface area contributed by atoms with Crippen LogP contribution in [0.25, 0.3) is 22.0 Å². The van der Waals surface area contributed by atoms with Crippen molar-refractivity contribution in [1.29, 1.82) is 0 Å². The molecule has 0 N–H and O–H groups in total. The molecule has 4 nitrogen and oxygen atoms in total. The van der Waals surface area contributed by atoms with Crippen LogP contribution in [-0.2, 0) is 11.3 Å². The minimum atomic E-state index is 0.524. The second kappa shape index (κ2) is 7.53. The predicted octanol–water partition coefficient (Wildman–Crippen LogP) is 4.76.